The van der Waals surface area contributed by atoms with Gasteiger partial charge in [0.1, 0.15) is 0 Å². The Morgan fingerprint density at radius 1 is 1.16 bits per heavy atom. The van der Waals surface area contributed by atoms with Crippen molar-refractivity contribution in [2.24, 2.45) is 5.92 Å². The van der Waals surface area contributed by atoms with Gasteiger partial charge in [0.05, 0.1) is 17.0 Å². The molecule has 1 N–H and O–H groups in total. The van der Waals surface area contributed by atoms with E-state index in [1.54, 1.807) is 22.7 Å². The Labute approximate surface area is 197 Å². The van der Waals surface area contributed by atoms with Gasteiger partial charge in [0, 0.05) is 34.6 Å². The summed E-state index contributed by atoms with van der Waals surface area (Å²) in [5.74, 6) is -0.137. The predicted molar refractivity (Wildman–Crippen MR) is 131 cm³/mol. The number of carbonyl (C=O) groups excluding carboxylic acids is 2. The quantitative estimate of drug-likeness (QED) is 0.449. The van der Waals surface area contributed by atoms with Gasteiger partial charge in [-0.15, -0.1) is 22.7 Å². The van der Waals surface area contributed by atoms with E-state index in [4.69, 9.17) is 0 Å². The standard InChI is InChI=1S/C25H29N3O2S2/c1-17-8-10-19(11-9-17)28-23(29)13-12-20(24(28)21-6-5-15-31-21)25(30)26-14-4-3-7-22-27-18(2)16-32-22/h5-6,8-11,15-16,20,24H,3-4,7,12-14H2,1-2H3,(H,26,30). The third-order valence-corrected chi connectivity index (χ3v) is 7.83. The molecular weight excluding hydrogens is 438 g/mol. The molecule has 3 heterocycles. The van der Waals surface area contributed by atoms with Gasteiger partial charge in [-0.3, -0.25) is 9.59 Å². The Morgan fingerprint density at radius 3 is 2.66 bits per heavy atom. The van der Waals surface area contributed by atoms with Crippen molar-refractivity contribution in [2.75, 3.05) is 11.4 Å². The number of nitrogens with zero attached hydrogens (tertiary/aromatic N) is 2. The molecule has 2 atom stereocenters. The van der Waals surface area contributed by atoms with Crippen LogP contribution in [0.5, 0.6) is 0 Å². The number of aromatic nitrogens is 1. The number of amides is 2. The molecular formula is C25H29N3O2S2. The Hall–Kier alpha value is -2.51. The van der Waals surface area contributed by atoms with Crippen LogP contribution in [0, 0.1) is 19.8 Å². The lowest BCUT2D eigenvalue weighted by molar-refractivity contribution is -0.129. The van der Waals surface area contributed by atoms with Gasteiger partial charge in [-0.25, -0.2) is 4.98 Å². The first-order valence-corrected chi connectivity index (χ1v) is 12.9. The molecule has 0 radical (unpaired) electrons. The molecule has 2 unspecified atom stereocenters. The summed E-state index contributed by atoms with van der Waals surface area (Å²) < 4.78 is 0. The van der Waals surface area contributed by atoms with Crippen LogP contribution in [0.15, 0.2) is 47.2 Å². The smallest absolute Gasteiger partial charge is 0.227 e. The zero-order valence-corrected chi connectivity index (χ0v) is 20.2. The predicted octanol–water partition coefficient (Wildman–Crippen LogP) is 5.44. The number of anilines is 1. The summed E-state index contributed by atoms with van der Waals surface area (Å²) in [6, 6.07) is 11.7. The molecule has 0 bridgehead atoms. The molecule has 1 saturated heterocycles. The minimum atomic E-state index is -0.266. The number of carbonyl (C=O) groups is 2. The van der Waals surface area contributed by atoms with E-state index in [1.807, 2.05) is 60.5 Å². The molecule has 0 aliphatic carbocycles. The van der Waals surface area contributed by atoms with Gasteiger partial charge in [-0.2, -0.15) is 0 Å². The van der Waals surface area contributed by atoms with Crippen molar-refractivity contribution in [1.29, 1.82) is 0 Å². The van der Waals surface area contributed by atoms with Crippen molar-refractivity contribution in [1.82, 2.24) is 10.3 Å². The van der Waals surface area contributed by atoms with Crippen LogP contribution in [0.3, 0.4) is 0 Å². The highest BCUT2D eigenvalue weighted by Gasteiger charge is 2.41. The van der Waals surface area contributed by atoms with Crippen LogP contribution in [0.1, 0.15) is 52.9 Å². The first kappa shape index (κ1) is 22.7. The highest BCUT2D eigenvalue weighted by molar-refractivity contribution is 7.10. The highest BCUT2D eigenvalue weighted by Crippen LogP contribution is 2.41. The van der Waals surface area contributed by atoms with Gasteiger partial charge < -0.3 is 10.2 Å². The Kier molecular flexibility index (Phi) is 7.37. The maximum Gasteiger partial charge on any atom is 0.227 e. The van der Waals surface area contributed by atoms with Crippen LogP contribution in [0.4, 0.5) is 5.69 Å². The number of nitrogens with one attached hydrogen (secondary N) is 1. The van der Waals surface area contributed by atoms with Crippen LogP contribution in [0.2, 0.25) is 0 Å². The SMILES string of the molecule is Cc1ccc(N2C(=O)CCC(C(=O)NCCCCc3nc(C)cs3)C2c2cccs2)cc1. The highest BCUT2D eigenvalue weighted by atomic mass is 32.1. The van der Waals surface area contributed by atoms with Crippen molar-refractivity contribution in [3.63, 3.8) is 0 Å². The molecule has 32 heavy (non-hydrogen) atoms. The fraction of sp³-hybridized carbons (Fsp3) is 0.400. The molecule has 2 amide bonds. The normalized spacial score (nSPS) is 18.7. The maximum absolute atomic E-state index is 13.2. The molecule has 0 saturated carbocycles. The maximum atomic E-state index is 13.2. The van der Waals surface area contributed by atoms with E-state index in [9.17, 15) is 9.59 Å². The van der Waals surface area contributed by atoms with E-state index in [0.29, 0.717) is 19.4 Å². The molecule has 2 aromatic heterocycles. The fourth-order valence-corrected chi connectivity index (χ4v) is 5.92. The van der Waals surface area contributed by atoms with Crippen LogP contribution in [0.25, 0.3) is 0 Å². The molecule has 1 aliphatic rings. The van der Waals surface area contributed by atoms with Gasteiger partial charge in [0.15, 0.2) is 0 Å². The second-order valence-electron chi connectivity index (χ2n) is 8.34. The molecule has 3 aromatic rings. The largest absolute Gasteiger partial charge is 0.356 e. The van der Waals surface area contributed by atoms with E-state index in [1.165, 1.54) is 0 Å². The second kappa shape index (κ2) is 10.4. The van der Waals surface area contributed by atoms with Gasteiger partial charge >= 0.3 is 0 Å². The van der Waals surface area contributed by atoms with Crippen molar-refractivity contribution in [3.05, 3.63) is 68.3 Å². The van der Waals surface area contributed by atoms with Crippen LogP contribution in [-0.4, -0.2) is 23.3 Å². The summed E-state index contributed by atoms with van der Waals surface area (Å²) >= 11 is 3.31. The van der Waals surface area contributed by atoms with Crippen molar-refractivity contribution in [2.45, 2.75) is 52.0 Å². The van der Waals surface area contributed by atoms with Crippen LogP contribution < -0.4 is 10.2 Å². The van der Waals surface area contributed by atoms with Crippen LogP contribution in [-0.2, 0) is 16.0 Å². The fourth-order valence-electron chi connectivity index (χ4n) is 4.22. The summed E-state index contributed by atoms with van der Waals surface area (Å²) in [5.41, 5.74) is 3.08. The first-order chi connectivity index (χ1) is 15.5. The topological polar surface area (TPSA) is 62.3 Å². The van der Waals surface area contributed by atoms with Gasteiger partial charge in [-0.1, -0.05) is 23.8 Å². The zero-order chi connectivity index (χ0) is 22.5. The van der Waals surface area contributed by atoms with Crippen molar-refractivity contribution < 1.29 is 9.59 Å². The molecule has 7 heteroatoms. The number of thiophene rings is 1. The van der Waals surface area contributed by atoms with E-state index < -0.39 is 0 Å². The Balaban J connectivity index is 1.43. The number of aryl methyl sites for hydroxylation is 3. The summed E-state index contributed by atoms with van der Waals surface area (Å²) in [4.78, 5) is 33.6. The molecule has 1 fully saturated rings. The molecule has 0 spiro atoms. The van der Waals surface area contributed by atoms with Crippen molar-refractivity contribution >= 4 is 40.2 Å². The summed E-state index contributed by atoms with van der Waals surface area (Å²) in [7, 11) is 0. The number of rotatable bonds is 8. The average Bonchev–Trinajstić information content (AvgIpc) is 3.46. The number of benzene rings is 1. The van der Waals surface area contributed by atoms with Crippen LogP contribution >= 0.6 is 22.7 Å². The average molecular weight is 468 g/mol. The van der Waals surface area contributed by atoms with Gasteiger partial charge in [0.25, 0.3) is 0 Å². The molecule has 168 valence electrons. The lowest BCUT2D eigenvalue weighted by atomic mass is 9.86. The third-order valence-electron chi connectivity index (χ3n) is 5.86. The number of piperidine rings is 1. The van der Waals surface area contributed by atoms with Crippen molar-refractivity contribution in [3.8, 4) is 0 Å². The first-order valence-electron chi connectivity index (χ1n) is 11.1. The Morgan fingerprint density at radius 2 is 1.97 bits per heavy atom. The summed E-state index contributed by atoms with van der Waals surface area (Å²) in [5, 5.41) is 8.39. The lowest BCUT2D eigenvalue weighted by Gasteiger charge is -2.40. The van der Waals surface area contributed by atoms with Gasteiger partial charge in [-0.05, 0) is 63.1 Å². The summed E-state index contributed by atoms with van der Waals surface area (Å²) in [6.45, 7) is 4.69. The van der Waals surface area contributed by atoms with E-state index in [0.717, 1.165) is 46.1 Å². The molecule has 1 aliphatic heterocycles. The number of thiazole rings is 1. The Bertz CT molecular complexity index is 1040. The zero-order valence-electron chi connectivity index (χ0n) is 18.5. The van der Waals surface area contributed by atoms with E-state index in [2.05, 4.69) is 15.7 Å². The van der Waals surface area contributed by atoms with Gasteiger partial charge in [0.2, 0.25) is 11.8 Å². The van der Waals surface area contributed by atoms with E-state index in [-0.39, 0.29) is 23.8 Å². The molecule has 5 nitrogen and oxygen atoms in total. The minimum absolute atomic E-state index is 0.0399. The molecule has 4 rings (SSSR count). The second-order valence-corrected chi connectivity index (χ2v) is 10.3. The molecule has 1 aromatic carbocycles. The third kappa shape index (κ3) is 5.27. The number of hydrogen-bond donors (Lipinski definition) is 1. The lowest BCUT2D eigenvalue weighted by Crippen LogP contribution is -2.48. The monoisotopic (exact) mass is 467 g/mol. The number of hydrogen-bond acceptors (Lipinski definition) is 5. The minimum Gasteiger partial charge on any atom is -0.356 e. The van der Waals surface area contributed by atoms with E-state index >= 15 is 0 Å². The number of unbranched alkanes of at least 4 members (excludes halogenated alkanes) is 1. The summed E-state index contributed by atoms with van der Waals surface area (Å²) in [6.07, 6.45) is 3.83.